The van der Waals surface area contributed by atoms with Crippen molar-refractivity contribution >= 4 is 17.1 Å². The van der Waals surface area contributed by atoms with E-state index in [4.69, 9.17) is 0 Å². The van der Waals surface area contributed by atoms with Gasteiger partial charge in [0.25, 0.3) is 5.69 Å². The molecule has 0 aromatic heterocycles. The van der Waals surface area contributed by atoms with Crippen LogP contribution in [0.15, 0.2) is 18.2 Å². The minimum absolute atomic E-state index is 0.142. The first-order valence-corrected chi connectivity index (χ1v) is 5.58. The summed E-state index contributed by atoms with van der Waals surface area (Å²) in [6.45, 7) is -1.55. The molecule has 0 aliphatic heterocycles. The molecule has 0 fully saturated rings. The lowest BCUT2D eigenvalue weighted by atomic mass is 10.0. The van der Waals surface area contributed by atoms with Gasteiger partial charge in [0.15, 0.2) is 0 Å². The van der Waals surface area contributed by atoms with Gasteiger partial charge in [-0.1, -0.05) is 0 Å². The van der Waals surface area contributed by atoms with Gasteiger partial charge in [-0.15, -0.1) is 0 Å². The molecule has 0 aliphatic rings. The number of anilines is 2. The van der Waals surface area contributed by atoms with Crippen molar-refractivity contribution in [1.29, 1.82) is 0 Å². The monoisotopic (exact) mass is 271 g/mol. The zero-order valence-corrected chi connectivity index (χ0v) is 10.5. The van der Waals surface area contributed by atoms with Crippen LogP contribution < -0.4 is 10.6 Å². The van der Waals surface area contributed by atoms with Crippen LogP contribution in [0, 0.1) is 10.1 Å². The smallest absolute Gasteiger partial charge is 0.273 e. The quantitative estimate of drug-likeness (QED) is 0.342. The lowest BCUT2D eigenvalue weighted by Gasteiger charge is -2.30. The van der Waals surface area contributed by atoms with E-state index in [0.717, 1.165) is 0 Å². The fourth-order valence-corrected chi connectivity index (χ4v) is 1.51. The zero-order valence-electron chi connectivity index (χ0n) is 10.5. The molecule has 1 aromatic carbocycles. The summed E-state index contributed by atoms with van der Waals surface area (Å²) in [6.07, 6.45) is 0. The summed E-state index contributed by atoms with van der Waals surface area (Å²) in [5.74, 6) is 0. The van der Waals surface area contributed by atoms with E-state index in [2.05, 4.69) is 10.6 Å². The Kier molecular flexibility index (Phi) is 5.04. The van der Waals surface area contributed by atoms with Crippen LogP contribution in [-0.2, 0) is 0 Å². The Morgan fingerprint density at radius 2 is 1.68 bits per heavy atom. The molecule has 0 spiro atoms. The third kappa shape index (κ3) is 3.53. The number of hydrogen-bond acceptors (Lipinski definition) is 7. The molecule has 0 amide bonds. The summed E-state index contributed by atoms with van der Waals surface area (Å²) in [6, 6.07) is 4.18. The van der Waals surface area contributed by atoms with Crippen molar-refractivity contribution in [3.63, 3.8) is 0 Å². The van der Waals surface area contributed by atoms with E-state index in [9.17, 15) is 25.4 Å². The molecule has 1 rings (SSSR count). The van der Waals surface area contributed by atoms with Gasteiger partial charge < -0.3 is 26.0 Å². The Labute approximate surface area is 109 Å². The second kappa shape index (κ2) is 6.32. The third-order valence-corrected chi connectivity index (χ3v) is 2.73. The van der Waals surface area contributed by atoms with Crippen LogP contribution in [0.5, 0.6) is 0 Å². The van der Waals surface area contributed by atoms with Crippen LogP contribution >= 0.6 is 0 Å². The minimum atomic E-state index is -1.33. The molecule has 8 heteroatoms. The highest BCUT2D eigenvalue weighted by Gasteiger charge is 2.28. The van der Waals surface area contributed by atoms with Gasteiger partial charge in [0, 0.05) is 30.6 Å². The molecule has 0 saturated heterocycles. The zero-order chi connectivity index (χ0) is 14.5. The third-order valence-electron chi connectivity index (χ3n) is 2.73. The van der Waals surface area contributed by atoms with Gasteiger partial charge in [-0.2, -0.15) is 0 Å². The number of rotatable bonds is 7. The van der Waals surface area contributed by atoms with E-state index in [-0.39, 0.29) is 5.69 Å². The van der Waals surface area contributed by atoms with Crippen LogP contribution in [0.25, 0.3) is 0 Å². The summed E-state index contributed by atoms with van der Waals surface area (Å²) in [7, 11) is 1.61. The highest BCUT2D eigenvalue weighted by atomic mass is 16.6. The molecule has 8 nitrogen and oxygen atoms in total. The molecule has 1 aromatic rings. The molecule has 0 atom stereocenters. The van der Waals surface area contributed by atoms with Crippen molar-refractivity contribution in [2.24, 2.45) is 0 Å². The Balaban J connectivity index is 3.12. The maximum Gasteiger partial charge on any atom is 0.273 e. The maximum absolute atomic E-state index is 10.8. The van der Waals surface area contributed by atoms with Crippen LogP contribution in [0.4, 0.5) is 17.1 Å². The largest absolute Gasteiger partial charge is 0.394 e. The molecule has 0 radical (unpaired) electrons. The van der Waals surface area contributed by atoms with Gasteiger partial charge in [-0.05, 0) is 6.07 Å². The molecule has 0 heterocycles. The number of nitrogens with zero attached hydrogens (tertiary/aromatic N) is 1. The average molecular weight is 271 g/mol. The van der Waals surface area contributed by atoms with Gasteiger partial charge in [-0.3, -0.25) is 10.1 Å². The van der Waals surface area contributed by atoms with Crippen LogP contribution in [-0.4, -0.2) is 52.7 Å². The number of benzene rings is 1. The fourth-order valence-electron chi connectivity index (χ4n) is 1.51. The fraction of sp³-hybridized carbons (Fsp3) is 0.455. The highest BCUT2D eigenvalue weighted by Crippen LogP contribution is 2.26. The summed E-state index contributed by atoms with van der Waals surface area (Å²) >= 11 is 0. The molecule has 0 unspecified atom stereocenters. The van der Waals surface area contributed by atoms with Gasteiger partial charge in [-0.25, -0.2) is 0 Å². The summed E-state index contributed by atoms with van der Waals surface area (Å²) in [4.78, 5) is 10.2. The Hall–Kier alpha value is -1.90. The first-order valence-electron chi connectivity index (χ1n) is 5.58. The SMILES string of the molecule is CNc1cc(NC(CO)(CO)CO)cc([N+](=O)[O-])c1. The normalized spacial score (nSPS) is 11.2. The first kappa shape index (κ1) is 15.2. The summed E-state index contributed by atoms with van der Waals surface area (Å²) in [5, 5.41) is 43.9. The second-order valence-corrected chi connectivity index (χ2v) is 4.16. The van der Waals surface area contributed by atoms with E-state index >= 15 is 0 Å². The van der Waals surface area contributed by atoms with Crippen LogP contribution in [0.1, 0.15) is 0 Å². The van der Waals surface area contributed by atoms with E-state index in [1.54, 1.807) is 13.1 Å². The molecule has 19 heavy (non-hydrogen) atoms. The lowest BCUT2D eigenvalue weighted by molar-refractivity contribution is -0.384. The van der Waals surface area contributed by atoms with E-state index in [0.29, 0.717) is 11.4 Å². The number of nitro groups is 1. The predicted molar refractivity (Wildman–Crippen MR) is 70.3 cm³/mol. The number of non-ortho nitro benzene ring substituents is 1. The number of hydrogen-bond donors (Lipinski definition) is 5. The maximum atomic E-state index is 10.8. The van der Waals surface area contributed by atoms with Crippen molar-refractivity contribution in [1.82, 2.24) is 0 Å². The molecule has 0 saturated carbocycles. The molecule has 0 bridgehead atoms. The van der Waals surface area contributed by atoms with E-state index in [1.165, 1.54) is 12.1 Å². The minimum Gasteiger partial charge on any atom is -0.394 e. The molecular formula is C11H17N3O5. The summed E-state index contributed by atoms with van der Waals surface area (Å²) in [5.41, 5.74) is -0.660. The Morgan fingerprint density at radius 1 is 1.16 bits per heavy atom. The Morgan fingerprint density at radius 3 is 2.11 bits per heavy atom. The van der Waals surface area contributed by atoms with Crippen molar-refractivity contribution in [3.05, 3.63) is 28.3 Å². The second-order valence-electron chi connectivity index (χ2n) is 4.16. The van der Waals surface area contributed by atoms with Crippen molar-refractivity contribution in [2.45, 2.75) is 5.54 Å². The number of aliphatic hydroxyl groups excluding tert-OH is 3. The van der Waals surface area contributed by atoms with Crippen molar-refractivity contribution in [3.8, 4) is 0 Å². The standard InChI is InChI=1S/C11H17N3O5/c1-12-8-2-9(4-10(3-8)14(18)19)13-11(5-15,6-16)7-17/h2-4,12-13,15-17H,5-7H2,1H3. The predicted octanol–water partition coefficient (Wildman–Crippen LogP) is -0.236. The average Bonchev–Trinajstić information content (AvgIpc) is 2.44. The molecule has 106 valence electrons. The van der Waals surface area contributed by atoms with Gasteiger partial charge in [0.05, 0.1) is 24.7 Å². The number of nitro benzene ring substituents is 1. The topological polar surface area (TPSA) is 128 Å². The molecule has 5 N–H and O–H groups in total. The lowest BCUT2D eigenvalue weighted by Crippen LogP contribution is -2.49. The van der Waals surface area contributed by atoms with Gasteiger partial charge in [0.1, 0.15) is 5.54 Å². The van der Waals surface area contributed by atoms with E-state index in [1.807, 2.05) is 0 Å². The van der Waals surface area contributed by atoms with Crippen molar-refractivity contribution in [2.75, 3.05) is 37.5 Å². The van der Waals surface area contributed by atoms with Crippen LogP contribution in [0.3, 0.4) is 0 Å². The van der Waals surface area contributed by atoms with Crippen molar-refractivity contribution < 1.29 is 20.2 Å². The molecule has 0 aliphatic carbocycles. The Bertz CT molecular complexity index is 440. The summed E-state index contributed by atoms with van der Waals surface area (Å²) < 4.78 is 0. The van der Waals surface area contributed by atoms with Crippen LogP contribution in [0.2, 0.25) is 0 Å². The highest BCUT2D eigenvalue weighted by molar-refractivity contribution is 5.64. The van der Waals surface area contributed by atoms with Gasteiger partial charge in [0.2, 0.25) is 0 Å². The van der Waals surface area contributed by atoms with Gasteiger partial charge >= 0.3 is 0 Å². The number of nitrogens with one attached hydrogen (secondary N) is 2. The molecular weight excluding hydrogens is 254 g/mol. The first-order chi connectivity index (χ1) is 9.00. The number of aliphatic hydroxyl groups is 3. The van der Waals surface area contributed by atoms with E-state index < -0.39 is 30.3 Å².